The summed E-state index contributed by atoms with van der Waals surface area (Å²) in [5, 5.41) is 3.97. The first-order valence-electron chi connectivity index (χ1n) is 10.1. The summed E-state index contributed by atoms with van der Waals surface area (Å²) in [6, 6.07) is 6.15. The van der Waals surface area contributed by atoms with Crippen molar-refractivity contribution in [3.63, 3.8) is 0 Å². The molecule has 0 radical (unpaired) electrons. The average molecular weight is 427 g/mol. The number of hydrogen-bond donors (Lipinski definition) is 2. The molecular weight excluding hydrogens is 394 g/mol. The highest BCUT2D eigenvalue weighted by Gasteiger charge is 2.33. The van der Waals surface area contributed by atoms with E-state index in [0.29, 0.717) is 11.5 Å². The molecule has 3 rings (SSSR count). The third-order valence-corrected chi connectivity index (χ3v) is 7.88. The number of nitrogens with one attached hydrogen (secondary N) is 2. The lowest BCUT2D eigenvalue weighted by Crippen LogP contribution is -3.14. The molecule has 0 aromatic heterocycles. The summed E-state index contributed by atoms with van der Waals surface area (Å²) in [6.07, 6.45) is 1.64. The summed E-state index contributed by atoms with van der Waals surface area (Å²) in [4.78, 5) is 3.66. The number of thiocarbonyl (C=S) groups is 1. The minimum absolute atomic E-state index is 0.0313. The fourth-order valence-electron chi connectivity index (χ4n) is 3.90. The van der Waals surface area contributed by atoms with Gasteiger partial charge in [0.25, 0.3) is 0 Å². The van der Waals surface area contributed by atoms with Gasteiger partial charge in [0.2, 0.25) is 0 Å². The molecule has 1 aromatic carbocycles. The number of ether oxygens (including phenoxy) is 1. The summed E-state index contributed by atoms with van der Waals surface area (Å²) in [5.74, 6) is 0.460. The van der Waals surface area contributed by atoms with Crippen LogP contribution in [0.5, 0.6) is 0 Å². The highest BCUT2D eigenvalue weighted by molar-refractivity contribution is 7.91. The Morgan fingerprint density at radius 2 is 2.04 bits per heavy atom. The van der Waals surface area contributed by atoms with Gasteiger partial charge in [-0.05, 0) is 55.7 Å². The smallest absolute Gasteiger partial charge is 0.173 e. The first-order valence-corrected chi connectivity index (χ1v) is 12.3. The van der Waals surface area contributed by atoms with Crippen molar-refractivity contribution in [1.29, 1.82) is 0 Å². The molecule has 2 N–H and O–H groups in total. The molecule has 1 aromatic rings. The van der Waals surface area contributed by atoms with Crippen LogP contribution in [-0.4, -0.2) is 75.4 Å². The Balaban J connectivity index is 1.64. The van der Waals surface area contributed by atoms with Crippen LogP contribution in [0.2, 0.25) is 0 Å². The molecule has 2 aliphatic heterocycles. The number of benzene rings is 1. The summed E-state index contributed by atoms with van der Waals surface area (Å²) < 4.78 is 29.5. The summed E-state index contributed by atoms with van der Waals surface area (Å²) in [7, 11) is -2.96. The van der Waals surface area contributed by atoms with Crippen molar-refractivity contribution in [3.05, 3.63) is 29.3 Å². The molecule has 0 spiro atoms. The van der Waals surface area contributed by atoms with Gasteiger partial charge < -0.3 is 19.9 Å². The van der Waals surface area contributed by atoms with E-state index in [0.717, 1.165) is 51.5 Å². The summed E-state index contributed by atoms with van der Waals surface area (Å²) >= 11 is 5.71. The fourth-order valence-corrected chi connectivity index (χ4v) is 5.98. The van der Waals surface area contributed by atoms with E-state index in [4.69, 9.17) is 17.0 Å². The highest BCUT2D eigenvalue weighted by atomic mass is 32.2. The van der Waals surface area contributed by atoms with Crippen LogP contribution in [0.4, 0.5) is 5.69 Å². The second-order valence-corrected chi connectivity index (χ2v) is 10.6. The molecule has 2 heterocycles. The van der Waals surface area contributed by atoms with Gasteiger partial charge in [0.1, 0.15) is 13.1 Å². The summed E-state index contributed by atoms with van der Waals surface area (Å²) in [5.41, 5.74) is 3.40. The first-order chi connectivity index (χ1) is 13.3. The average Bonchev–Trinajstić information content (AvgIpc) is 3.02. The van der Waals surface area contributed by atoms with Crippen molar-refractivity contribution in [3.8, 4) is 0 Å². The van der Waals surface area contributed by atoms with Crippen molar-refractivity contribution in [2.75, 3.05) is 56.2 Å². The van der Waals surface area contributed by atoms with Crippen LogP contribution in [0.3, 0.4) is 0 Å². The number of morpholine rings is 1. The molecule has 0 saturated carbocycles. The predicted molar refractivity (Wildman–Crippen MR) is 117 cm³/mol. The molecule has 1 atom stereocenters. The number of quaternary nitrogens is 1. The van der Waals surface area contributed by atoms with E-state index in [1.165, 1.54) is 11.1 Å². The Labute approximate surface area is 174 Å². The monoisotopic (exact) mass is 426 g/mol. The second kappa shape index (κ2) is 9.52. The fraction of sp³-hybridized carbons (Fsp3) is 0.650. The van der Waals surface area contributed by atoms with E-state index < -0.39 is 9.84 Å². The second-order valence-electron chi connectivity index (χ2n) is 7.95. The molecule has 2 fully saturated rings. The third kappa shape index (κ3) is 5.89. The van der Waals surface area contributed by atoms with Crippen LogP contribution in [0, 0.1) is 13.8 Å². The largest absolute Gasteiger partial charge is 0.370 e. The van der Waals surface area contributed by atoms with Gasteiger partial charge in [0.05, 0.1) is 31.3 Å². The van der Waals surface area contributed by atoms with Gasteiger partial charge in [-0.2, -0.15) is 0 Å². The van der Waals surface area contributed by atoms with Gasteiger partial charge >= 0.3 is 0 Å². The van der Waals surface area contributed by atoms with Crippen molar-refractivity contribution < 1.29 is 18.1 Å². The van der Waals surface area contributed by atoms with Crippen LogP contribution in [-0.2, 0) is 14.6 Å². The molecule has 6 nitrogen and oxygen atoms in total. The van der Waals surface area contributed by atoms with Gasteiger partial charge in [0, 0.05) is 24.7 Å². The van der Waals surface area contributed by atoms with Gasteiger partial charge in [-0.1, -0.05) is 6.07 Å². The molecule has 0 bridgehead atoms. The number of anilines is 1. The Morgan fingerprint density at radius 1 is 1.29 bits per heavy atom. The van der Waals surface area contributed by atoms with Crippen LogP contribution >= 0.6 is 12.2 Å². The van der Waals surface area contributed by atoms with Gasteiger partial charge in [0.15, 0.2) is 14.9 Å². The van der Waals surface area contributed by atoms with Gasteiger partial charge in [-0.25, -0.2) is 8.42 Å². The van der Waals surface area contributed by atoms with E-state index >= 15 is 0 Å². The standard InChI is InChI=1S/C20H31N3O3S2/c1-16-4-5-18(14-17(16)2)21-20(27)23(19-6-13-28(24,25)15-19)8-3-7-22-9-11-26-12-10-22/h4-5,14,19H,3,6-13,15H2,1-2H3,(H,21,27)/p+1/t19-/m1/s1. The predicted octanol–water partition coefficient (Wildman–Crippen LogP) is 0.795. The topological polar surface area (TPSA) is 63.1 Å². The normalized spacial score (nSPS) is 22.1. The Morgan fingerprint density at radius 3 is 2.68 bits per heavy atom. The maximum Gasteiger partial charge on any atom is 0.173 e. The maximum absolute atomic E-state index is 12.0. The molecule has 156 valence electrons. The van der Waals surface area contributed by atoms with Crippen molar-refractivity contribution in [1.82, 2.24) is 4.90 Å². The lowest BCUT2D eigenvalue weighted by Gasteiger charge is -2.32. The number of nitrogens with zero attached hydrogens (tertiary/aromatic N) is 1. The zero-order chi connectivity index (χ0) is 20.1. The minimum Gasteiger partial charge on any atom is -0.370 e. The van der Waals surface area contributed by atoms with Crippen molar-refractivity contribution >= 4 is 32.9 Å². The zero-order valence-corrected chi connectivity index (χ0v) is 18.5. The van der Waals surface area contributed by atoms with Crippen LogP contribution in [0.25, 0.3) is 0 Å². The van der Waals surface area contributed by atoms with E-state index in [-0.39, 0.29) is 17.5 Å². The molecule has 0 unspecified atom stereocenters. The minimum atomic E-state index is -2.96. The lowest BCUT2D eigenvalue weighted by molar-refractivity contribution is -0.908. The molecule has 8 heteroatoms. The number of sulfone groups is 1. The van der Waals surface area contributed by atoms with Crippen molar-refractivity contribution in [2.45, 2.75) is 32.7 Å². The highest BCUT2D eigenvalue weighted by Crippen LogP contribution is 2.20. The van der Waals surface area contributed by atoms with E-state index in [1.54, 1.807) is 4.90 Å². The van der Waals surface area contributed by atoms with E-state index in [1.807, 2.05) is 6.07 Å². The molecule has 2 aliphatic rings. The molecule has 0 amide bonds. The van der Waals surface area contributed by atoms with E-state index in [2.05, 4.69) is 36.2 Å². The van der Waals surface area contributed by atoms with Crippen molar-refractivity contribution in [2.24, 2.45) is 0 Å². The number of hydrogen-bond acceptors (Lipinski definition) is 4. The Kier molecular flexibility index (Phi) is 7.31. The SMILES string of the molecule is Cc1ccc(NC(=S)N(CCC[NH+]2CCOCC2)[C@@H]2CCS(=O)(=O)C2)cc1C. The summed E-state index contributed by atoms with van der Waals surface area (Å²) in [6.45, 7) is 9.75. The molecule has 2 saturated heterocycles. The van der Waals surface area contributed by atoms with Crippen LogP contribution in [0.15, 0.2) is 18.2 Å². The molecule has 28 heavy (non-hydrogen) atoms. The van der Waals surface area contributed by atoms with Crippen LogP contribution < -0.4 is 10.2 Å². The van der Waals surface area contributed by atoms with Gasteiger partial charge in [-0.15, -0.1) is 0 Å². The zero-order valence-electron chi connectivity index (χ0n) is 16.9. The van der Waals surface area contributed by atoms with Crippen LogP contribution in [0.1, 0.15) is 24.0 Å². The Hall–Kier alpha value is -1.22. The first kappa shape index (κ1) is 21.5. The van der Waals surface area contributed by atoms with E-state index in [9.17, 15) is 8.42 Å². The molecular formula is C20H32N3O3S2+. The quantitative estimate of drug-likeness (QED) is 0.656. The molecule has 0 aliphatic carbocycles. The third-order valence-electron chi connectivity index (χ3n) is 5.80. The number of aryl methyl sites for hydroxylation is 2. The Bertz CT molecular complexity index is 792. The maximum atomic E-state index is 12.0. The van der Waals surface area contributed by atoms with Gasteiger partial charge in [-0.3, -0.25) is 0 Å². The number of rotatable bonds is 6. The lowest BCUT2D eigenvalue weighted by atomic mass is 10.1.